The molecule has 0 bridgehead atoms. The molecule has 1 aromatic heterocycles. The van der Waals surface area contributed by atoms with E-state index in [9.17, 15) is 14.3 Å². The smallest absolute Gasteiger partial charge is 0.354 e. The summed E-state index contributed by atoms with van der Waals surface area (Å²) in [5.41, 5.74) is 1.93. The van der Waals surface area contributed by atoms with Crippen molar-refractivity contribution in [2.75, 3.05) is 6.54 Å². The molecule has 0 unspecified atom stereocenters. The first-order valence-electron chi connectivity index (χ1n) is 6.35. The monoisotopic (exact) mass is 351 g/mol. The minimum Gasteiger partial charge on any atom is -0.476 e. The van der Waals surface area contributed by atoms with Crippen molar-refractivity contribution < 1.29 is 14.3 Å². The fourth-order valence-electron chi connectivity index (χ4n) is 2.33. The van der Waals surface area contributed by atoms with Crippen LogP contribution in [0.4, 0.5) is 4.39 Å². The molecule has 2 aromatic rings. The van der Waals surface area contributed by atoms with Gasteiger partial charge in [-0.25, -0.2) is 19.2 Å². The molecule has 0 radical (unpaired) electrons. The summed E-state index contributed by atoms with van der Waals surface area (Å²) in [5.74, 6) is -1.18. The zero-order valence-corrected chi connectivity index (χ0v) is 12.4. The summed E-state index contributed by atoms with van der Waals surface area (Å²) >= 11 is 3.26. The Morgan fingerprint density at radius 2 is 2.19 bits per heavy atom. The summed E-state index contributed by atoms with van der Waals surface area (Å²) in [6.45, 7) is 1.21. The number of nitrogens with zero attached hydrogens (tertiary/aromatic N) is 2. The van der Waals surface area contributed by atoms with Gasteiger partial charge in [-0.15, -0.1) is 0 Å². The average molecular weight is 352 g/mol. The summed E-state index contributed by atoms with van der Waals surface area (Å²) in [7, 11) is 0. The first-order valence-corrected chi connectivity index (χ1v) is 7.15. The normalized spacial score (nSPS) is 13.8. The standard InChI is InChI=1S/C14H11BrFN3O2/c15-10-5-7(16)1-2-8(10)13-18-11-6-17-4-3-9(11)12(19-13)14(20)21/h1-2,5,17H,3-4,6H2,(H,20,21). The van der Waals surface area contributed by atoms with E-state index in [2.05, 4.69) is 31.2 Å². The molecular weight excluding hydrogens is 341 g/mol. The number of rotatable bonds is 2. The lowest BCUT2D eigenvalue weighted by molar-refractivity contribution is 0.0688. The highest BCUT2D eigenvalue weighted by Gasteiger charge is 2.22. The largest absolute Gasteiger partial charge is 0.476 e. The molecule has 21 heavy (non-hydrogen) atoms. The molecule has 0 saturated heterocycles. The van der Waals surface area contributed by atoms with Crippen molar-refractivity contribution in [2.24, 2.45) is 0 Å². The van der Waals surface area contributed by atoms with Crippen molar-refractivity contribution >= 4 is 21.9 Å². The van der Waals surface area contributed by atoms with Gasteiger partial charge in [0.2, 0.25) is 0 Å². The Hall–Kier alpha value is -1.86. The molecule has 1 aromatic carbocycles. The third kappa shape index (κ3) is 2.66. The van der Waals surface area contributed by atoms with Crippen LogP contribution in [0.1, 0.15) is 21.7 Å². The molecule has 7 heteroatoms. The molecule has 0 spiro atoms. The number of hydrogen-bond acceptors (Lipinski definition) is 4. The fourth-order valence-corrected chi connectivity index (χ4v) is 2.86. The topological polar surface area (TPSA) is 75.1 Å². The van der Waals surface area contributed by atoms with Crippen molar-refractivity contribution in [3.05, 3.63) is 45.4 Å². The van der Waals surface area contributed by atoms with E-state index in [-0.39, 0.29) is 17.3 Å². The predicted octanol–water partition coefficient (Wildman–Crippen LogP) is 2.39. The Balaban J connectivity index is 2.19. The molecule has 0 saturated carbocycles. The van der Waals surface area contributed by atoms with Gasteiger partial charge in [0.25, 0.3) is 0 Å². The summed E-state index contributed by atoms with van der Waals surface area (Å²) in [5, 5.41) is 12.5. The zero-order valence-electron chi connectivity index (χ0n) is 10.9. The van der Waals surface area contributed by atoms with Gasteiger partial charge in [0.1, 0.15) is 5.82 Å². The minimum atomic E-state index is -1.07. The van der Waals surface area contributed by atoms with Crippen LogP contribution in [0.15, 0.2) is 22.7 Å². The van der Waals surface area contributed by atoms with E-state index in [0.29, 0.717) is 40.8 Å². The summed E-state index contributed by atoms with van der Waals surface area (Å²) < 4.78 is 13.7. The maximum absolute atomic E-state index is 13.2. The van der Waals surface area contributed by atoms with Crippen LogP contribution in [0.2, 0.25) is 0 Å². The maximum atomic E-state index is 13.2. The maximum Gasteiger partial charge on any atom is 0.354 e. The van der Waals surface area contributed by atoms with Crippen LogP contribution in [0.3, 0.4) is 0 Å². The number of carboxylic acids is 1. The molecular formula is C14H11BrFN3O2. The summed E-state index contributed by atoms with van der Waals surface area (Å²) in [6, 6.07) is 4.13. The Kier molecular flexibility index (Phi) is 3.69. The van der Waals surface area contributed by atoms with Crippen LogP contribution < -0.4 is 5.32 Å². The average Bonchev–Trinajstić information content (AvgIpc) is 2.46. The van der Waals surface area contributed by atoms with Gasteiger partial charge in [-0.05, 0) is 47.1 Å². The number of aromatic carboxylic acids is 1. The SMILES string of the molecule is O=C(O)c1nc(-c2ccc(F)cc2Br)nc2c1CCNC2. The lowest BCUT2D eigenvalue weighted by atomic mass is 10.0. The number of carboxylic acid groups (broad SMARTS) is 1. The van der Waals surface area contributed by atoms with Gasteiger partial charge in [-0.1, -0.05) is 0 Å². The van der Waals surface area contributed by atoms with Crippen molar-refractivity contribution in [3.63, 3.8) is 0 Å². The van der Waals surface area contributed by atoms with Gasteiger partial charge in [0.05, 0.1) is 5.69 Å². The number of fused-ring (bicyclic) bond motifs is 1. The summed E-state index contributed by atoms with van der Waals surface area (Å²) in [6.07, 6.45) is 0.585. The van der Waals surface area contributed by atoms with E-state index in [0.717, 1.165) is 0 Å². The number of nitrogens with one attached hydrogen (secondary N) is 1. The Morgan fingerprint density at radius 3 is 2.90 bits per heavy atom. The van der Waals surface area contributed by atoms with Crippen molar-refractivity contribution in [2.45, 2.75) is 13.0 Å². The molecule has 2 heterocycles. The predicted molar refractivity (Wildman–Crippen MR) is 77.5 cm³/mol. The van der Waals surface area contributed by atoms with Crippen LogP contribution in [0, 0.1) is 5.82 Å². The molecule has 1 aliphatic rings. The molecule has 0 fully saturated rings. The van der Waals surface area contributed by atoms with Crippen molar-refractivity contribution in [1.82, 2.24) is 15.3 Å². The first kappa shape index (κ1) is 14.1. The molecule has 0 aliphatic carbocycles. The van der Waals surface area contributed by atoms with Gasteiger partial charge < -0.3 is 10.4 Å². The number of benzene rings is 1. The van der Waals surface area contributed by atoms with E-state index in [1.165, 1.54) is 18.2 Å². The molecule has 1 aliphatic heterocycles. The van der Waals surface area contributed by atoms with E-state index < -0.39 is 5.97 Å². The van der Waals surface area contributed by atoms with Crippen molar-refractivity contribution in [3.8, 4) is 11.4 Å². The first-order chi connectivity index (χ1) is 10.1. The second-order valence-electron chi connectivity index (χ2n) is 4.68. The zero-order chi connectivity index (χ0) is 15.0. The Morgan fingerprint density at radius 1 is 1.38 bits per heavy atom. The molecule has 2 N–H and O–H groups in total. The minimum absolute atomic E-state index is 0.0210. The lowest BCUT2D eigenvalue weighted by Gasteiger charge is -2.18. The highest BCUT2D eigenvalue weighted by atomic mass is 79.9. The van der Waals surface area contributed by atoms with E-state index in [1.807, 2.05) is 0 Å². The Bertz CT molecular complexity index is 736. The van der Waals surface area contributed by atoms with Crippen LogP contribution in [-0.2, 0) is 13.0 Å². The van der Waals surface area contributed by atoms with Gasteiger partial charge >= 0.3 is 5.97 Å². The molecule has 3 rings (SSSR count). The van der Waals surface area contributed by atoms with Gasteiger partial charge in [-0.3, -0.25) is 0 Å². The molecule has 0 amide bonds. The van der Waals surface area contributed by atoms with Crippen molar-refractivity contribution in [1.29, 1.82) is 0 Å². The Labute approximate surface area is 128 Å². The van der Waals surface area contributed by atoms with E-state index >= 15 is 0 Å². The van der Waals surface area contributed by atoms with Crippen LogP contribution in [-0.4, -0.2) is 27.6 Å². The molecule has 0 atom stereocenters. The number of aromatic nitrogens is 2. The lowest BCUT2D eigenvalue weighted by Crippen LogP contribution is -2.27. The van der Waals surface area contributed by atoms with Crippen LogP contribution in [0.25, 0.3) is 11.4 Å². The third-order valence-corrected chi connectivity index (χ3v) is 3.97. The number of hydrogen-bond donors (Lipinski definition) is 2. The number of halogens is 2. The van der Waals surface area contributed by atoms with Gasteiger partial charge in [0, 0.05) is 22.1 Å². The van der Waals surface area contributed by atoms with Gasteiger partial charge in [0.15, 0.2) is 11.5 Å². The highest BCUT2D eigenvalue weighted by Crippen LogP contribution is 2.28. The molecule has 5 nitrogen and oxygen atoms in total. The summed E-state index contributed by atoms with van der Waals surface area (Å²) in [4.78, 5) is 20.0. The third-order valence-electron chi connectivity index (χ3n) is 3.31. The van der Waals surface area contributed by atoms with E-state index in [1.54, 1.807) is 0 Å². The highest BCUT2D eigenvalue weighted by molar-refractivity contribution is 9.10. The van der Waals surface area contributed by atoms with Crippen LogP contribution in [0.5, 0.6) is 0 Å². The fraction of sp³-hybridized carbons (Fsp3) is 0.214. The second-order valence-corrected chi connectivity index (χ2v) is 5.53. The van der Waals surface area contributed by atoms with Gasteiger partial charge in [-0.2, -0.15) is 0 Å². The van der Waals surface area contributed by atoms with Crippen LogP contribution >= 0.6 is 15.9 Å². The number of carbonyl (C=O) groups is 1. The quantitative estimate of drug-likeness (QED) is 0.868. The second kappa shape index (κ2) is 5.50. The molecule has 108 valence electrons. The van der Waals surface area contributed by atoms with E-state index in [4.69, 9.17) is 0 Å².